The molecule has 1 aromatic carbocycles. The fourth-order valence-electron chi connectivity index (χ4n) is 2.93. The highest BCUT2D eigenvalue weighted by molar-refractivity contribution is 5.94. The molecule has 138 valence electrons. The second-order valence-electron chi connectivity index (χ2n) is 6.30. The fraction of sp³-hybridized carbons (Fsp3) is 0.421. The Balaban J connectivity index is 1.49. The number of nitrogens with zero attached hydrogens (tertiary/aromatic N) is 3. The molecule has 0 saturated carbocycles. The number of nitrogens with one attached hydrogen (secondary N) is 2. The minimum absolute atomic E-state index is 0.114. The Hall–Kier alpha value is -2.83. The van der Waals surface area contributed by atoms with Gasteiger partial charge in [0.2, 0.25) is 5.95 Å². The highest BCUT2D eigenvalue weighted by Gasteiger charge is 2.15. The smallest absolute Gasteiger partial charge is 0.251 e. The molecule has 2 N–H and O–H groups in total. The van der Waals surface area contributed by atoms with E-state index in [1.54, 1.807) is 31.4 Å². The molecule has 1 aliphatic heterocycles. The number of benzene rings is 1. The van der Waals surface area contributed by atoms with Crippen molar-refractivity contribution in [3.05, 3.63) is 41.6 Å². The van der Waals surface area contributed by atoms with E-state index in [0.29, 0.717) is 24.6 Å². The summed E-state index contributed by atoms with van der Waals surface area (Å²) in [7, 11) is 1.60. The van der Waals surface area contributed by atoms with Crippen LogP contribution < -0.4 is 20.3 Å². The van der Waals surface area contributed by atoms with E-state index in [9.17, 15) is 4.79 Å². The molecule has 26 heavy (non-hydrogen) atoms. The van der Waals surface area contributed by atoms with Crippen molar-refractivity contribution in [2.75, 3.05) is 43.5 Å². The van der Waals surface area contributed by atoms with E-state index in [4.69, 9.17) is 4.74 Å². The van der Waals surface area contributed by atoms with Crippen molar-refractivity contribution in [3.8, 4) is 5.75 Å². The molecular formula is C19H25N5O2. The number of amides is 1. The number of anilines is 2. The Kier molecular flexibility index (Phi) is 5.88. The molecule has 7 heteroatoms. The van der Waals surface area contributed by atoms with E-state index in [-0.39, 0.29) is 5.91 Å². The topological polar surface area (TPSA) is 79.4 Å². The van der Waals surface area contributed by atoms with Gasteiger partial charge in [-0.1, -0.05) is 0 Å². The number of carbonyl (C=O) groups excluding carboxylic acids is 1. The maximum Gasteiger partial charge on any atom is 0.251 e. The number of methoxy groups -OCH3 is 1. The zero-order valence-corrected chi connectivity index (χ0v) is 15.3. The molecule has 3 rings (SSSR count). The van der Waals surface area contributed by atoms with Gasteiger partial charge in [-0.05, 0) is 44.0 Å². The number of aromatic nitrogens is 2. The zero-order chi connectivity index (χ0) is 18.4. The maximum atomic E-state index is 12.1. The molecule has 0 radical (unpaired) electrons. The summed E-state index contributed by atoms with van der Waals surface area (Å²) in [6.45, 7) is 5.12. The van der Waals surface area contributed by atoms with E-state index in [1.807, 2.05) is 13.0 Å². The monoisotopic (exact) mass is 355 g/mol. The quantitative estimate of drug-likeness (QED) is 0.742. The predicted molar refractivity (Wildman–Crippen MR) is 102 cm³/mol. The van der Waals surface area contributed by atoms with Crippen LogP contribution in [0.1, 0.15) is 28.9 Å². The third-order valence-electron chi connectivity index (χ3n) is 4.32. The maximum absolute atomic E-state index is 12.1. The van der Waals surface area contributed by atoms with Crippen molar-refractivity contribution >= 4 is 17.7 Å². The fourth-order valence-corrected chi connectivity index (χ4v) is 2.93. The average molecular weight is 355 g/mol. The van der Waals surface area contributed by atoms with Gasteiger partial charge in [-0.15, -0.1) is 0 Å². The van der Waals surface area contributed by atoms with Crippen molar-refractivity contribution in [2.45, 2.75) is 19.8 Å². The van der Waals surface area contributed by atoms with Gasteiger partial charge in [-0.3, -0.25) is 4.79 Å². The van der Waals surface area contributed by atoms with Crippen LogP contribution in [0.15, 0.2) is 30.3 Å². The van der Waals surface area contributed by atoms with Crippen LogP contribution in [-0.4, -0.2) is 49.2 Å². The molecule has 1 amide bonds. The first-order valence-corrected chi connectivity index (χ1v) is 8.92. The lowest BCUT2D eigenvalue weighted by atomic mass is 10.2. The molecule has 1 saturated heterocycles. The highest BCUT2D eigenvalue weighted by atomic mass is 16.5. The minimum atomic E-state index is -0.114. The molecule has 0 bridgehead atoms. The van der Waals surface area contributed by atoms with Gasteiger partial charge >= 0.3 is 0 Å². The van der Waals surface area contributed by atoms with Crippen LogP contribution >= 0.6 is 0 Å². The van der Waals surface area contributed by atoms with Crippen molar-refractivity contribution in [2.24, 2.45) is 0 Å². The Morgan fingerprint density at radius 3 is 2.58 bits per heavy atom. The first-order valence-electron chi connectivity index (χ1n) is 8.92. The van der Waals surface area contributed by atoms with Crippen LogP contribution in [0, 0.1) is 6.92 Å². The Labute approximate surface area is 153 Å². The third-order valence-corrected chi connectivity index (χ3v) is 4.32. The average Bonchev–Trinajstić information content (AvgIpc) is 3.19. The molecule has 0 aliphatic carbocycles. The number of carbonyl (C=O) groups is 1. The third kappa shape index (κ3) is 4.62. The van der Waals surface area contributed by atoms with Gasteiger partial charge in [0.1, 0.15) is 11.6 Å². The number of hydrogen-bond acceptors (Lipinski definition) is 6. The van der Waals surface area contributed by atoms with Gasteiger partial charge in [0.05, 0.1) is 7.11 Å². The summed E-state index contributed by atoms with van der Waals surface area (Å²) in [6.07, 6.45) is 2.42. The molecule has 7 nitrogen and oxygen atoms in total. The van der Waals surface area contributed by atoms with E-state index in [0.717, 1.165) is 30.4 Å². The Bertz CT molecular complexity index is 742. The van der Waals surface area contributed by atoms with Crippen molar-refractivity contribution in [3.63, 3.8) is 0 Å². The lowest BCUT2D eigenvalue weighted by Crippen LogP contribution is -2.29. The molecule has 0 atom stereocenters. The van der Waals surface area contributed by atoms with Crippen molar-refractivity contribution < 1.29 is 9.53 Å². The van der Waals surface area contributed by atoms with Crippen LogP contribution in [-0.2, 0) is 0 Å². The van der Waals surface area contributed by atoms with Gasteiger partial charge in [0, 0.05) is 43.5 Å². The SMILES string of the molecule is COc1ccc(C(=O)NCCNc2nc(C)cc(N3CCCC3)n2)cc1. The van der Waals surface area contributed by atoms with Crippen LogP contribution in [0.4, 0.5) is 11.8 Å². The predicted octanol–water partition coefficient (Wildman–Crippen LogP) is 2.24. The molecule has 0 spiro atoms. The van der Waals surface area contributed by atoms with E-state index >= 15 is 0 Å². The second-order valence-corrected chi connectivity index (χ2v) is 6.30. The number of rotatable bonds is 7. The number of aryl methyl sites for hydroxylation is 1. The molecule has 1 aliphatic rings. The first-order chi connectivity index (χ1) is 12.7. The summed E-state index contributed by atoms with van der Waals surface area (Å²) in [5, 5.41) is 6.07. The van der Waals surface area contributed by atoms with Gasteiger partial charge < -0.3 is 20.3 Å². The molecule has 1 aromatic heterocycles. The largest absolute Gasteiger partial charge is 0.497 e. The van der Waals surface area contributed by atoms with Crippen LogP contribution in [0.3, 0.4) is 0 Å². The lowest BCUT2D eigenvalue weighted by Gasteiger charge is -2.17. The van der Waals surface area contributed by atoms with Gasteiger partial charge in [0.25, 0.3) is 5.91 Å². The zero-order valence-electron chi connectivity index (χ0n) is 15.3. The summed E-state index contributed by atoms with van der Waals surface area (Å²) in [5.41, 5.74) is 1.54. The lowest BCUT2D eigenvalue weighted by molar-refractivity contribution is 0.0955. The standard InChI is InChI=1S/C19H25N5O2/c1-14-13-17(24-11-3-4-12-24)23-19(22-14)21-10-9-20-18(25)15-5-7-16(26-2)8-6-15/h5-8,13H,3-4,9-12H2,1-2H3,(H,20,25)(H,21,22,23). The highest BCUT2D eigenvalue weighted by Crippen LogP contribution is 2.19. The van der Waals surface area contributed by atoms with Gasteiger partial charge in [0.15, 0.2) is 0 Å². The summed E-state index contributed by atoms with van der Waals surface area (Å²) >= 11 is 0. The molecule has 0 unspecified atom stereocenters. The molecule has 1 fully saturated rings. The second kappa shape index (κ2) is 8.51. The Morgan fingerprint density at radius 2 is 1.88 bits per heavy atom. The summed E-state index contributed by atoms with van der Waals surface area (Å²) in [5.74, 6) is 2.19. The van der Waals surface area contributed by atoms with Crippen LogP contribution in [0.2, 0.25) is 0 Å². The number of ether oxygens (including phenoxy) is 1. The van der Waals surface area contributed by atoms with Crippen LogP contribution in [0.25, 0.3) is 0 Å². The molecule has 2 aromatic rings. The summed E-state index contributed by atoms with van der Waals surface area (Å²) in [6, 6.07) is 9.05. The Morgan fingerprint density at radius 1 is 1.15 bits per heavy atom. The van der Waals surface area contributed by atoms with Crippen molar-refractivity contribution in [1.82, 2.24) is 15.3 Å². The first kappa shape index (κ1) is 18.0. The van der Waals surface area contributed by atoms with Gasteiger partial charge in [-0.2, -0.15) is 4.98 Å². The van der Waals surface area contributed by atoms with Crippen LogP contribution in [0.5, 0.6) is 5.75 Å². The van der Waals surface area contributed by atoms with Gasteiger partial charge in [-0.25, -0.2) is 4.98 Å². The van der Waals surface area contributed by atoms with E-state index < -0.39 is 0 Å². The van der Waals surface area contributed by atoms with E-state index in [2.05, 4.69) is 25.5 Å². The normalized spacial score (nSPS) is 13.5. The summed E-state index contributed by atoms with van der Waals surface area (Å²) < 4.78 is 5.09. The molecule has 2 heterocycles. The molecular weight excluding hydrogens is 330 g/mol. The summed E-state index contributed by atoms with van der Waals surface area (Å²) in [4.78, 5) is 23.4. The number of hydrogen-bond donors (Lipinski definition) is 2. The van der Waals surface area contributed by atoms with E-state index in [1.165, 1.54) is 12.8 Å². The minimum Gasteiger partial charge on any atom is -0.497 e. The van der Waals surface area contributed by atoms with Crippen molar-refractivity contribution in [1.29, 1.82) is 0 Å².